The number of hydrogen-bond acceptors (Lipinski definition) is 4. The molecule has 0 radical (unpaired) electrons. The number of nitrogens with zero attached hydrogens (tertiary/aromatic N) is 2. The summed E-state index contributed by atoms with van der Waals surface area (Å²) in [5.74, 6) is 0. The number of aromatic nitrogens is 2. The molecule has 21 heavy (non-hydrogen) atoms. The maximum atomic E-state index is 6.29. The second-order valence-corrected chi connectivity index (χ2v) is 5.28. The van der Waals surface area contributed by atoms with Crippen LogP contribution >= 0.6 is 0 Å². The molecule has 1 aromatic carbocycles. The van der Waals surface area contributed by atoms with Gasteiger partial charge in [-0.1, -0.05) is 0 Å². The van der Waals surface area contributed by atoms with Crippen molar-refractivity contribution in [1.82, 2.24) is 9.97 Å². The molecule has 0 bridgehead atoms. The van der Waals surface area contributed by atoms with Gasteiger partial charge in [-0.2, -0.15) is 0 Å². The monoisotopic (exact) mass is 278 g/mol. The molecule has 0 saturated carbocycles. The summed E-state index contributed by atoms with van der Waals surface area (Å²) >= 11 is 0. The first-order chi connectivity index (χ1) is 10.2. The second kappa shape index (κ2) is 5.60. The Bertz CT molecular complexity index is 753. The van der Waals surface area contributed by atoms with Crippen LogP contribution in [0.1, 0.15) is 18.5 Å². The summed E-state index contributed by atoms with van der Waals surface area (Å²) in [5, 5.41) is 2.17. The lowest BCUT2D eigenvalue weighted by Gasteiger charge is -2.19. The zero-order valence-corrected chi connectivity index (χ0v) is 11.9. The molecule has 2 heterocycles. The lowest BCUT2D eigenvalue weighted by Crippen LogP contribution is -2.31. The van der Waals surface area contributed by atoms with Gasteiger partial charge in [-0.25, -0.2) is 0 Å². The molecule has 0 amide bonds. The number of nitrogens with two attached hydrogens (primary N) is 2. The van der Waals surface area contributed by atoms with E-state index < -0.39 is 0 Å². The van der Waals surface area contributed by atoms with Gasteiger partial charge in [-0.3, -0.25) is 9.97 Å². The second-order valence-electron chi connectivity index (χ2n) is 5.28. The minimum absolute atomic E-state index is 0.117. The summed E-state index contributed by atoms with van der Waals surface area (Å²) in [7, 11) is 0. The predicted molar refractivity (Wildman–Crippen MR) is 85.6 cm³/mol. The maximum absolute atomic E-state index is 6.29. The van der Waals surface area contributed by atoms with Crippen molar-refractivity contribution in [2.45, 2.75) is 19.0 Å². The first-order valence-electron chi connectivity index (χ1n) is 6.96. The third-order valence-electron chi connectivity index (χ3n) is 3.72. The molecule has 2 aromatic heterocycles. The first-order valence-corrected chi connectivity index (χ1v) is 6.96. The van der Waals surface area contributed by atoms with E-state index in [0.29, 0.717) is 0 Å². The van der Waals surface area contributed by atoms with E-state index in [4.69, 9.17) is 11.5 Å². The minimum Gasteiger partial charge on any atom is -0.326 e. The molecule has 4 heteroatoms. The molecule has 4 nitrogen and oxygen atoms in total. The molecule has 3 rings (SSSR count). The molecule has 3 aromatic rings. The smallest absolute Gasteiger partial charge is 0.0452 e. The average Bonchev–Trinajstić information content (AvgIpc) is 2.54. The van der Waals surface area contributed by atoms with Crippen LogP contribution in [0, 0.1) is 0 Å². The molecule has 2 atom stereocenters. The van der Waals surface area contributed by atoms with Gasteiger partial charge in [0, 0.05) is 42.3 Å². The minimum atomic E-state index is -0.211. The summed E-state index contributed by atoms with van der Waals surface area (Å²) in [4.78, 5) is 8.27. The summed E-state index contributed by atoms with van der Waals surface area (Å²) in [6.45, 7) is 1.93. The van der Waals surface area contributed by atoms with Crippen LogP contribution < -0.4 is 11.5 Å². The molecular formula is C17H18N4. The van der Waals surface area contributed by atoms with Gasteiger partial charge in [0.05, 0.1) is 0 Å². The highest BCUT2D eigenvalue weighted by molar-refractivity contribution is 5.90. The highest BCUT2D eigenvalue weighted by atomic mass is 14.8. The summed E-state index contributed by atoms with van der Waals surface area (Å²) < 4.78 is 0. The van der Waals surface area contributed by atoms with Gasteiger partial charge in [0.15, 0.2) is 0 Å². The first kappa shape index (κ1) is 13.7. The highest BCUT2D eigenvalue weighted by Gasteiger charge is 2.15. The lowest BCUT2D eigenvalue weighted by atomic mass is 9.92. The van der Waals surface area contributed by atoms with Gasteiger partial charge in [-0.05, 0) is 59.3 Å². The van der Waals surface area contributed by atoms with Crippen LogP contribution in [0.4, 0.5) is 0 Å². The van der Waals surface area contributed by atoms with Crippen LogP contribution in [0.3, 0.4) is 0 Å². The molecule has 0 spiro atoms. The molecular weight excluding hydrogens is 260 g/mol. The van der Waals surface area contributed by atoms with Crippen molar-refractivity contribution in [3.05, 3.63) is 60.7 Å². The van der Waals surface area contributed by atoms with E-state index in [-0.39, 0.29) is 12.1 Å². The molecule has 0 aliphatic heterocycles. The van der Waals surface area contributed by atoms with E-state index in [1.54, 1.807) is 18.6 Å². The number of benzene rings is 1. The van der Waals surface area contributed by atoms with Crippen molar-refractivity contribution in [3.63, 3.8) is 0 Å². The van der Waals surface area contributed by atoms with E-state index in [1.165, 1.54) is 0 Å². The van der Waals surface area contributed by atoms with E-state index in [9.17, 15) is 0 Å². The van der Waals surface area contributed by atoms with E-state index >= 15 is 0 Å². The van der Waals surface area contributed by atoms with Crippen molar-refractivity contribution in [2.75, 3.05) is 0 Å². The Morgan fingerprint density at radius 3 is 2.33 bits per heavy atom. The van der Waals surface area contributed by atoms with Crippen molar-refractivity contribution >= 4 is 10.8 Å². The third kappa shape index (κ3) is 2.63. The molecule has 0 aliphatic carbocycles. The SMILES string of the molecule is CC(N)C(N)c1cc(-c2ccncc2)cc2cnccc12. The molecule has 2 unspecified atom stereocenters. The van der Waals surface area contributed by atoms with Crippen LogP contribution in [0.25, 0.3) is 21.9 Å². The molecule has 4 N–H and O–H groups in total. The zero-order valence-electron chi connectivity index (χ0n) is 11.9. The van der Waals surface area contributed by atoms with Crippen LogP contribution in [-0.2, 0) is 0 Å². The Hall–Kier alpha value is -2.30. The van der Waals surface area contributed by atoms with E-state index in [0.717, 1.165) is 27.5 Å². The summed E-state index contributed by atoms with van der Waals surface area (Å²) in [6.07, 6.45) is 7.21. The fourth-order valence-electron chi connectivity index (χ4n) is 2.51. The molecule has 106 valence electrons. The Labute approximate surface area is 123 Å². The van der Waals surface area contributed by atoms with Crippen molar-refractivity contribution in [3.8, 4) is 11.1 Å². The number of rotatable bonds is 3. The summed E-state index contributed by atoms with van der Waals surface area (Å²) in [5.41, 5.74) is 15.5. The highest BCUT2D eigenvalue weighted by Crippen LogP contribution is 2.30. The van der Waals surface area contributed by atoms with Gasteiger partial charge in [-0.15, -0.1) is 0 Å². The van der Waals surface area contributed by atoms with Gasteiger partial charge in [0.2, 0.25) is 0 Å². The lowest BCUT2D eigenvalue weighted by molar-refractivity contribution is 0.593. The number of fused-ring (bicyclic) bond motifs is 1. The topological polar surface area (TPSA) is 77.8 Å². The Kier molecular flexibility index (Phi) is 3.64. The zero-order chi connectivity index (χ0) is 14.8. The fourth-order valence-corrected chi connectivity index (χ4v) is 2.51. The Morgan fingerprint density at radius 1 is 0.905 bits per heavy atom. The van der Waals surface area contributed by atoms with Crippen LogP contribution in [-0.4, -0.2) is 16.0 Å². The van der Waals surface area contributed by atoms with Crippen molar-refractivity contribution in [2.24, 2.45) is 11.5 Å². The molecule has 0 saturated heterocycles. The van der Waals surface area contributed by atoms with Gasteiger partial charge in [0.1, 0.15) is 0 Å². The van der Waals surface area contributed by atoms with E-state index in [2.05, 4.69) is 22.1 Å². The Morgan fingerprint density at radius 2 is 1.62 bits per heavy atom. The Balaban J connectivity index is 2.25. The quantitative estimate of drug-likeness (QED) is 0.772. The normalized spacial score (nSPS) is 14.0. The van der Waals surface area contributed by atoms with Crippen molar-refractivity contribution < 1.29 is 0 Å². The largest absolute Gasteiger partial charge is 0.326 e. The predicted octanol–water partition coefficient (Wildman–Crippen LogP) is 2.64. The van der Waals surface area contributed by atoms with Crippen LogP contribution in [0.2, 0.25) is 0 Å². The average molecular weight is 278 g/mol. The number of pyridine rings is 2. The van der Waals surface area contributed by atoms with Gasteiger partial charge in [0.25, 0.3) is 0 Å². The fraction of sp³-hybridized carbons (Fsp3) is 0.176. The van der Waals surface area contributed by atoms with E-state index in [1.807, 2.05) is 31.3 Å². The van der Waals surface area contributed by atoms with Gasteiger partial charge >= 0.3 is 0 Å². The molecule has 0 fully saturated rings. The third-order valence-corrected chi connectivity index (χ3v) is 3.72. The van der Waals surface area contributed by atoms with Crippen LogP contribution in [0.15, 0.2) is 55.1 Å². The van der Waals surface area contributed by atoms with Crippen LogP contribution in [0.5, 0.6) is 0 Å². The maximum Gasteiger partial charge on any atom is 0.0452 e. The van der Waals surface area contributed by atoms with Crippen molar-refractivity contribution in [1.29, 1.82) is 0 Å². The standard InChI is InChI=1S/C17H18N4/c1-11(18)17(19)16-9-13(12-2-5-20-6-3-12)8-14-10-21-7-4-15(14)16/h2-11,17H,18-19H2,1H3. The summed E-state index contributed by atoms with van der Waals surface area (Å²) in [6, 6.07) is 9.87. The molecule has 0 aliphatic rings. The van der Waals surface area contributed by atoms with Gasteiger partial charge < -0.3 is 11.5 Å². The number of hydrogen-bond donors (Lipinski definition) is 2.